The highest BCUT2D eigenvalue weighted by Gasteiger charge is 2.23. The first-order valence-corrected chi connectivity index (χ1v) is 5.64. The lowest BCUT2D eigenvalue weighted by atomic mass is 10.1. The molecule has 0 spiro atoms. The van der Waals surface area contributed by atoms with Crippen molar-refractivity contribution in [2.75, 3.05) is 6.61 Å². The molecule has 3 nitrogen and oxygen atoms in total. The first-order valence-electron chi connectivity index (χ1n) is 4.85. The molecule has 0 radical (unpaired) electrons. The highest BCUT2D eigenvalue weighted by molar-refractivity contribution is 9.10. The molecule has 1 aromatic rings. The van der Waals surface area contributed by atoms with Crippen molar-refractivity contribution < 1.29 is 9.15 Å². The van der Waals surface area contributed by atoms with Crippen LogP contribution in [-0.4, -0.2) is 18.8 Å². The fourth-order valence-corrected chi connectivity index (χ4v) is 2.02. The maximum Gasteiger partial charge on any atom is 0.169 e. The minimum Gasteiger partial charge on any atom is -0.453 e. The Kier molecular flexibility index (Phi) is 3.26. The van der Waals surface area contributed by atoms with Crippen molar-refractivity contribution in [1.82, 2.24) is 5.32 Å². The van der Waals surface area contributed by atoms with Crippen molar-refractivity contribution in [2.24, 2.45) is 0 Å². The summed E-state index contributed by atoms with van der Waals surface area (Å²) >= 11 is 3.28. The summed E-state index contributed by atoms with van der Waals surface area (Å²) in [4.78, 5) is 0. The maximum absolute atomic E-state index is 5.46. The third-order valence-corrected chi connectivity index (χ3v) is 2.97. The highest BCUT2D eigenvalue weighted by Crippen LogP contribution is 2.16. The Morgan fingerprint density at radius 1 is 1.57 bits per heavy atom. The van der Waals surface area contributed by atoms with Crippen LogP contribution in [0.5, 0.6) is 0 Å². The normalized spacial score (nSPS) is 27.0. The molecule has 0 aromatic carbocycles. The molecule has 0 saturated carbocycles. The zero-order chi connectivity index (χ0) is 9.97. The molecule has 1 saturated heterocycles. The number of furan rings is 1. The summed E-state index contributed by atoms with van der Waals surface area (Å²) in [6, 6.07) is 4.34. The maximum atomic E-state index is 5.46. The lowest BCUT2D eigenvalue weighted by molar-refractivity contribution is 0.112. The zero-order valence-electron chi connectivity index (χ0n) is 8.13. The summed E-state index contributed by atoms with van der Waals surface area (Å²) in [6.45, 7) is 3.73. The van der Waals surface area contributed by atoms with Gasteiger partial charge in [0.05, 0.1) is 12.6 Å². The minimum absolute atomic E-state index is 0.313. The van der Waals surface area contributed by atoms with E-state index in [1.807, 2.05) is 12.1 Å². The monoisotopic (exact) mass is 259 g/mol. The van der Waals surface area contributed by atoms with Crippen LogP contribution >= 0.6 is 15.9 Å². The summed E-state index contributed by atoms with van der Waals surface area (Å²) in [5, 5.41) is 3.42. The van der Waals surface area contributed by atoms with Gasteiger partial charge in [-0.1, -0.05) is 0 Å². The molecule has 78 valence electrons. The number of hydrogen-bond donors (Lipinski definition) is 1. The average molecular weight is 260 g/mol. The third-order valence-electron chi connectivity index (χ3n) is 2.54. The van der Waals surface area contributed by atoms with E-state index in [4.69, 9.17) is 9.15 Å². The molecule has 0 aliphatic carbocycles. The predicted octanol–water partition coefficient (Wildman–Crippen LogP) is 2.31. The lowest BCUT2D eigenvalue weighted by Crippen LogP contribution is -2.33. The van der Waals surface area contributed by atoms with Gasteiger partial charge in [0.25, 0.3) is 0 Å². The summed E-state index contributed by atoms with van der Waals surface area (Å²) < 4.78 is 11.6. The molecular formula is C10H14BrNO2. The van der Waals surface area contributed by atoms with Gasteiger partial charge in [-0.3, -0.25) is 0 Å². The largest absolute Gasteiger partial charge is 0.453 e. The van der Waals surface area contributed by atoms with Gasteiger partial charge in [0.1, 0.15) is 5.76 Å². The molecule has 0 bridgehead atoms. The Bertz CT molecular complexity index is 300. The first kappa shape index (κ1) is 10.2. The van der Waals surface area contributed by atoms with Gasteiger partial charge in [-0.05, 0) is 41.4 Å². The average Bonchev–Trinajstić information content (AvgIpc) is 2.72. The van der Waals surface area contributed by atoms with E-state index in [0.29, 0.717) is 12.1 Å². The molecule has 2 unspecified atom stereocenters. The molecule has 4 heteroatoms. The van der Waals surface area contributed by atoms with Crippen LogP contribution < -0.4 is 5.32 Å². The second-order valence-corrected chi connectivity index (χ2v) is 4.34. The van der Waals surface area contributed by atoms with Crippen molar-refractivity contribution in [1.29, 1.82) is 0 Å². The Morgan fingerprint density at radius 3 is 3.00 bits per heavy atom. The van der Waals surface area contributed by atoms with Gasteiger partial charge < -0.3 is 14.5 Å². The van der Waals surface area contributed by atoms with Crippen LogP contribution in [0, 0.1) is 0 Å². The van der Waals surface area contributed by atoms with Crippen LogP contribution in [0.3, 0.4) is 0 Å². The van der Waals surface area contributed by atoms with Crippen molar-refractivity contribution in [3.05, 3.63) is 22.6 Å². The highest BCUT2D eigenvalue weighted by atomic mass is 79.9. The van der Waals surface area contributed by atoms with Crippen LogP contribution in [0.1, 0.15) is 19.1 Å². The van der Waals surface area contributed by atoms with Crippen LogP contribution in [0.15, 0.2) is 21.2 Å². The summed E-state index contributed by atoms with van der Waals surface area (Å²) in [5.74, 6) is 0.955. The number of hydrogen-bond acceptors (Lipinski definition) is 3. The zero-order valence-corrected chi connectivity index (χ0v) is 9.71. The van der Waals surface area contributed by atoms with E-state index in [0.717, 1.165) is 30.0 Å². The molecule has 1 N–H and O–H groups in total. The van der Waals surface area contributed by atoms with E-state index in [-0.39, 0.29) is 0 Å². The van der Waals surface area contributed by atoms with E-state index < -0.39 is 0 Å². The van der Waals surface area contributed by atoms with Crippen LogP contribution in [0.2, 0.25) is 0 Å². The van der Waals surface area contributed by atoms with E-state index in [9.17, 15) is 0 Å². The van der Waals surface area contributed by atoms with Gasteiger partial charge in [-0.2, -0.15) is 0 Å². The molecule has 1 aliphatic rings. The summed E-state index contributed by atoms with van der Waals surface area (Å²) in [5.41, 5.74) is 0. The Hall–Kier alpha value is -0.320. The standard InChI is InChI=1S/C10H14BrNO2/c1-7-9(4-5-13-7)12-6-8-2-3-10(11)14-8/h2-3,7,9,12H,4-6H2,1H3. The number of rotatable bonds is 3. The number of nitrogens with one attached hydrogen (secondary N) is 1. The molecule has 2 heterocycles. The number of ether oxygens (including phenoxy) is 1. The fourth-order valence-electron chi connectivity index (χ4n) is 1.68. The molecule has 2 atom stereocenters. The molecule has 1 fully saturated rings. The summed E-state index contributed by atoms with van der Waals surface area (Å²) in [6.07, 6.45) is 1.40. The van der Waals surface area contributed by atoms with Gasteiger partial charge in [-0.25, -0.2) is 0 Å². The molecular weight excluding hydrogens is 246 g/mol. The molecule has 14 heavy (non-hydrogen) atoms. The smallest absolute Gasteiger partial charge is 0.169 e. The molecule has 0 amide bonds. The lowest BCUT2D eigenvalue weighted by Gasteiger charge is -2.14. The quantitative estimate of drug-likeness (QED) is 0.905. The second-order valence-electron chi connectivity index (χ2n) is 3.56. The fraction of sp³-hybridized carbons (Fsp3) is 0.600. The van der Waals surface area contributed by atoms with Crippen LogP contribution in [0.25, 0.3) is 0 Å². The van der Waals surface area contributed by atoms with E-state index in [1.54, 1.807) is 0 Å². The second kappa shape index (κ2) is 4.47. The topological polar surface area (TPSA) is 34.4 Å². The van der Waals surface area contributed by atoms with Crippen molar-refractivity contribution in [2.45, 2.75) is 32.0 Å². The van der Waals surface area contributed by atoms with Gasteiger partial charge >= 0.3 is 0 Å². The van der Waals surface area contributed by atoms with Crippen molar-refractivity contribution in [3.8, 4) is 0 Å². The molecule has 1 aromatic heterocycles. The predicted molar refractivity (Wildman–Crippen MR) is 57.1 cm³/mol. The first-order chi connectivity index (χ1) is 6.75. The Balaban J connectivity index is 1.82. The minimum atomic E-state index is 0.313. The van der Waals surface area contributed by atoms with Gasteiger partial charge in [0.15, 0.2) is 4.67 Å². The van der Waals surface area contributed by atoms with E-state index >= 15 is 0 Å². The number of halogens is 1. The SMILES string of the molecule is CC1OCCC1NCc1ccc(Br)o1. The van der Waals surface area contributed by atoms with E-state index in [2.05, 4.69) is 28.2 Å². The van der Waals surface area contributed by atoms with Gasteiger partial charge in [0, 0.05) is 12.6 Å². The van der Waals surface area contributed by atoms with Gasteiger partial charge in [0.2, 0.25) is 0 Å². The van der Waals surface area contributed by atoms with E-state index in [1.165, 1.54) is 0 Å². The van der Waals surface area contributed by atoms with Crippen LogP contribution in [0.4, 0.5) is 0 Å². The summed E-state index contributed by atoms with van der Waals surface area (Å²) in [7, 11) is 0. The Morgan fingerprint density at radius 2 is 2.43 bits per heavy atom. The Labute approximate surface area is 91.9 Å². The van der Waals surface area contributed by atoms with Crippen molar-refractivity contribution >= 4 is 15.9 Å². The third kappa shape index (κ3) is 2.38. The van der Waals surface area contributed by atoms with Crippen molar-refractivity contribution in [3.63, 3.8) is 0 Å². The van der Waals surface area contributed by atoms with Crippen LogP contribution in [-0.2, 0) is 11.3 Å². The molecule has 2 rings (SSSR count). The molecule has 1 aliphatic heterocycles. The van der Waals surface area contributed by atoms with Gasteiger partial charge in [-0.15, -0.1) is 0 Å².